The molecule has 2 N–H and O–H groups in total. The lowest BCUT2D eigenvalue weighted by Crippen LogP contribution is -2.34. The van der Waals surface area contributed by atoms with Gasteiger partial charge in [0.25, 0.3) is 0 Å². The van der Waals surface area contributed by atoms with Crippen LogP contribution in [-0.4, -0.2) is 40.8 Å². The Morgan fingerprint density at radius 3 is 2.89 bits per heavy atom. The normalized spacial score (nSPS) is 12.4. The van der Waals surface area contributed by atoms with E-state index in [0.29, 0.717) is 5.82 Å². The summed E-state index contributed by atoms with van der Waals surface area (Å²) < 4.78 is 4.62. The first-order valence-corrected chi connectivity index (χ1v) is 6.56. The number of nitrogens with one attached hydrogen (secondary N) is 1. The predicted octanol–water partition coefficient (Wildman–Crippen LogP) is 1.25. The Morgan fingerprint density at radius 2 is 2.26 bits per heavy atom. The van der Waals surface area contributed by atoms with E-state index in [1.165, 1.54) is 13.4 Å². The standard InChI is InChI=1S/C12H15N3O3S/c1-6-7(2)19-11-9(6)10(13-5-14-11)15-8(4-16)12(17)18-3/h5,8,16H,4H2,1-3H3,(H,13,14,15). The molecule has 7 heteroatoms. The van der Waals surface area contributed by atoms with Crippen molar-refractivity contribution in [3.8, 4) is 0 Å². The van der Waals surface area contributed by atoms with Crippen molar-refractivity contribution in [2.75, 3.05) is 19.0 Å². The molecule has 0 aromatic carbocycles. The van der Waals surface area contributed by atoms with Crippen LogP contribution in [-0.2, 0) is 9.53 Å². The summed E-state index contributed by atoms with van der Waals surface area (Å²) >= 11 is 1.57. The molecule has 1 unspecified atom stereocenters. The van der Waals surface area contributed by atoms with Crippen molar-refractivity contribution in [1.29, 1.82) is 0 Å². The van der Waals surface area contributed by atoms with E-state index in [2.05, 4.69) is 20.0 Å². The first-order chi connectivity index (χ1) is 9.08. The van der Waals surface area contributed by atoms with Gasteiger partial charge in [-0.05, 0) is 19.4 Å². The maximum Gasteiger partial charge on any atom is 0.330 e. The van der Waals surface area contributed by atoms with E-state index in [9.17, 15) is 9.90 Å². The Morgan fingerprint density at radius 1 is 1.53 bits per heavy atom. The van der Waals surface area contributed by atoms with Gasteiger partial charge in [0, 0.05) is 4.88 Å². The summed E-state index contributed by atoms with van der Waals surface area (Å²) in [4.78, 5) is 21.9. The molecular formula is C12H15N3O3S. The third-order valence-electron chi connectivity index (χ3n) is 2.94. The molecule has 0 bridgehead atoms. The zero-order chi connectivity index (χ0) is 14.0. The number of fused-ring (bicyclic) bond motifs is 1. The van der Waals surface area contributed by atoms with Crippen LogP contribution in [0.1, 0.15) is 10.4 Å². The molecule has 0 amide bonds. The number of carbonyl (C=O) groups is 1. The van der Waals surface area contributed by atoms with Gasteiger partial charge in [0.05, 0.1) is 19.1 Å². The summed E-state index contributed by atoms with van der Waals surface area (Å²) in [5, 5.41) is 13.0. The van der Waals surface area contributed by atoms with Gasteiger partial charge >= 0.3 is 5.97 Å². The molecule has 2 aromatic heterocycles. The quantitative estimate of drug-likeness (QED) is 0.821. The summed E-state index contributed by atoms with van der Waals surface area (Å²) in [6.07, 6.45) is 1.44. The van der Waals surface area contributed by atoms with Crippen LogP contribution in [0.5, 0.6) is 0 Å². The third-order valence-corrected chi connectivity index (χ3v) is 4.06. The Hall–Kier alpha value is -1.73. The molecule has 0 fully saturated rings. The SMILES string of the molecule is COC(=O)C(CO)Nc1ncnc2sc(C)c(C)c12. The van der Waals surface area contributed by atoms with Crippen molar-refractivity contribution < 1.29 is 14.6 Å². The predicted molar refractivity (Wildman–Crippen MR) is 73.4 cm³/mol. The van der Waals surface area contributed by atoms with Crippen molar-refractivity contribution in [2.24, 2.45) is 0 Å². The second-order valence-corrected chi connectivity index (χ2v) is 5.29. The summed E-state index contributed by atoms with van der Waals surface area (Å²) in [7, 11) is 1.28. The highest BCUT2D eigenvalue weighted by Gasteiger charge is 2.21. The van der Waals surface area contributed by atoms with Gasteiger partial charge < -0.3 is 15.2 Å². The average molecular weight is 281 g/mol. The van der Waals surface area contributed by atoms with Gasteiger partial charge in [0.1, 0.15) is 23.0 Å². The van der Waals surface area contributed by atoms with E-state index >= 15 is 0 Å². The van der Waals surface area contributed by atoms with Crippen molar-refractivity contribution >= 4 is 33.3 Å². The zero-order valence-corrected chi connectivity index (χ0v) is 11.7. The van der Waals surface area contributed by atoms with E-state index in [1.807, 2.05) is 13.8 Å². The summed E-state index contributed by atoms with van der Waals surface area (Å²) in [5.74, 6) is 0.00941. The molecule has 2 rings (SSSR count). The van der Waals surface area contributed by atoms with Crippen molar-refractivity contribution in [3.05, 3.63) is 16.8 Å². The fourth-order valence-electron chi connectivity index (χ4n) is 1.78. The number of hydrogen-bond donors (Lipinski definition) is 2. The number of carbonyl (C=O) groups excluding carboxylic acids is 1. The van der Waals surface area contributed by atoms with Gasteiger partial charge in [-0.3, -0.25) is 0 Å². The first-order valence-electron chi connectivity index (χ1n) is 5.74. The maximum absolute atomic E-state index is 11.5. The van der Waals surface area contributed by atoms with Crippen molar-refractivity contribution in [3.63, 3.8) is 0 Å². The van der Waals surface area contributed by atoms with Crippen LogP contribution in [0.2, 0.25) is 0 Å². The summed E-state index contributed by atoms with van der Waals surface area (Å²) in [6.45, 7) is 3.63. The molecule has 0 radical (unpaired) electrons. The molecule has 0 saturated heterocycles. The molecular weight excluding hydrogens is 266 g/mol. The van der Waals surface area contributed by atoms with E-state index < -0.39 is 12.0 Å². The molecule has 0 aliphatic rings. The molecule has 102 valence electrons. The molecule has 0 saturated carbocycles. The van der Waals surface area contributed by atoms with Gasteiger partial charge in [-0.25, -0.2) is 14.8 Å². The number of methoxy groups -OCH3 is 1. The lowest BCUT2D eigenvalue weighted by atomic mass is 10.2. The average Bonchev–Trinajstić information content (AvgIpc) is 2.71. The summed E-state index contributed by atoms with van der Waals surface area (Å²) in [5.41, 5.74) is 1.07. The number of rotatable bonds is 4. The molecule has 0 spiro atoms. The van der Waals surface area contributed by atoms with Crippen molar-refractivity contribution in [2.45, 2.75) is 19.9 Å². The van der Waals surface area contributed by atoms with Crippen LogP contribution in [0.15, 0.2) is 6.33 Å². The number of ether oxygens (including phenoxy) is 1. The Balaban J connectivity index is 2.42. The molecule has 0 aliphatic carbocycles. The smallest absolute Gasteiger partial charge is 0.330 e. The number of thiophene rings is 1. The van der Waals surface area contributed by atoms with E-state index in [4.69, 9.17) is 0 Å². The Labute approximate surface area is 114 Å². The fourth-order valence-corrected chi connectivity index (χ4v) is 2.78. The van der Waals surface area contributed by atoms with Crippen LogP contribution < -0.4 is 5.32 Å². The van der Waals surface area contributed by atoms with Gasteiger partial charge in [-0.2, -0.15) is 0 Å². The minimum absolute atomic E-state index is 0.361. The number of aliphatic hydroxyl groups excluding tert-OH is 1. The maximum atomic E-state index is 11.5. The number of aryl methyl sites for hydroxylation is 2. The van der Waals surface area contributed by atoms with Crippen molar-refractivity contribution in [1.82, 2.24) is 9.97 Å². The third kappa shape index (κ3) is 2.52. The summed E-state index contributed by atoms with van der Waals surface area (Å²) in [6, 6.07) is -0.831. The van der Waals surface area contributed by atoms with Crippen LogP contribution in [0.25, 0.3) is 10.2 Å². The van der Waals surface area contributed by atoms with E-state index in [-0.39, 0.29) is 6.61 Å². The number of aromatic nitrogens is 2. The number of esters is 1. The van der Waals surface area contributed by atoms with Crippen LogP contribution in [0.3, 0.4) is 0 Å². The highest BCUT2D eigenvalue weighted by Crippen LogP contribution is 2.32. The highest BCUT2D eigenvalue weighted by atomic mass is 32.1. The van der Waals surface area contributed by atoms with Gasteiger partial charge in [-0.1, -0.05) is 0 Å². The lowest BCUT2D eigenvalue weighted by Gasteiger charge is -2.15. The minimum Gasteiger partial charge on any atom is -0.467 e. The van der Waals surface area contributed by atoms with Gasteiger partial charge in [0.15, 0.2) is 0 Å². The van der Waals surface area contributed by atoms with Gasteiger partial charge in [-0.15, -0.1) is 11.3 Å². The molecule has 0 aliphatic heterocycles. The zero-order valence-electron chi connectivity index (χ0n) is 10.9. The van der Waals surface area contributed by atoms with E-state index in [1.54, 1.807) is 11.3 Å². The number of anilines is 1. The van der Waals surface area contributed by atoms with E-state index in [0.717, 1.165) is 20.7 Å². The number of nitrogens with zero attached hydrogens (tertiary/aromatic N) is 2. The molecule has 6 nitrogen and oxygen atoms in total. The number of hydrogen-bond acceptors (Lipinski definition) is 7. The van der Waals surface area contributed by atoms with Gasteiger partial charge in [0.2, 0.25) is 0 Å². The highest BCUT2D eigenvalue weighted by molar-refractivity contribution is 7.18. The monoisotopic (exact) mass is 281 g/mol. The lowest BCUT2D eigenvalue weighted by molar-refractivity contribution is -0.142. The second kappa shape index (κ2) is 5.50. The Kier molecular flexibility index (Phi) is 3.96. The number of aliphatic hydroxyl groups is 1. The topological polar surface area (TPSA) is 84.3 Å². The first kappa shape index (κ1) is 13.7. The second-order valence-electron chi connectivity index (χ2n) is 4.09. The molecule has 1 atom stereocenters. The Bertz CT molecular complexity index is 612. The van der Waals surface area contributed by atoms with Crippen LogP contribution in [0.4, 0.5) is 5.82 Å². The van der Waals surface area contributed by atoms with Crippen LogP contribution in [0, 0.1) is 13.8 Å². The fraction of sp³-hybridized carbons (Fsp3) is 0.417. The minimum atomic E-state index is -0.831. The molecule has 2 aromatic rings. The molecule has 2 heterocycles. The largest absolute Gasteiger partial charge is 0.467 e. The molecule has 19 heavy (non-hydrogen) atoms. The van der Waals surface area contributed by atoms with Crippen LogP contribution >= 0.6 is 11.3 Å².